The molecule has 140 valence electrons. The van der Waals surface area contributed by atoms with E-state index < -0.39 is 0 Å². The maximum absolute atomic E-state index is 11.9. The van der Waals surface area contributed by atoms with Gasteiger partial charge in [-0.25, -0.2) is 0 Å². The van der Waals surface area contributed by atoms with E-state index in [4.69, 9.17) is 21.1 Å². The lowest BCUT2D eigenvalue weighted by Gasteiger charge is -2.13. The van der Waals surface area contributed by atoms with Gasteiger partial charge < -0.3 is 20.1 Å². The van der Waals surface area contributed by atoms with E-state index in [-0.39, 0.29) is 24.8 Å². The Morgan fingerprint density at radius 1 is 1.27 bits per heavy atom. The van der Waals surface area contributed by atoms with Crippen molar-refractivity contribution in [1.82, 2.24) is 10.6 Å². The molecule has 26 heavy (non-hydrogen) atoms. The van der Waals surface area contributed by atoms with E-state index in [1.165, 1.54) is 18.4 Å². The van der Waals surface area contributed by atoms with Gasteiger partial charge in [-0.05, 0) is 36.1 Å². The predicted octanol–water partition coefficient (Wildman–Crippen LogP) is 3.25. The predicted molar refractivity (Wildman–Crippen MR) is 102 cm³/mol. The molecule has 0 aliphatic carbocycles. The number of carbonyl (C=O) groups is 2. The SMILES string of the molecule is CCOc1c(Cl)cc(CNC(=O)CCNC(=O)c2ccsc2)cc1OC. The molecule has 8 heteroatoms. The standard InChI is InChI=1S/C18H21ClN2O4S/c1-3-25-17-14(19)8-12(9-15(17)24-2)10-21-16(22)4-6-20-18(23)13-5-7-26-11-13/h5,7-9,11H,3-4,6,10H2,1-2H3,(H,20,23)(H,21,22). The minimum atomic E-state index is -0.179. The van der Waals surface area contributed by atoms with Gasteiger partial charge in [0.25, 0.3) is 5.91 Å². The molecule has 0 bridgehead atoms. The Balaban J connectivity index is 1.81. The van der Waals surface area contributed by atoms with Crippen molar-refractivity contribution in [1.29, 1.82) is 0 Å². The number of nitrogens with one attached hydrogen (secondary N) is 2. The van der Waals surface area contributed by atoms with Gasteiger partial charge in [0.2, 0.25) is 5.91 Å². The van der Waals surface area contributed by atoms with Crippen molar-refractivity contribution in [2.24, 2.45) is 0 Å². The first kappa shape index (κ1) is 20.1. The molecule has 6 nitrogen and oxygen atoms in total. The van der Waals surface area contributed by atoms with Gasteiger partial charge in [-0.2, -0.15) is 11.3 Å². The summed E-state index contributed by atoms with van der Waals surface area (Å²) in [5.41, 5.74) is 1.40. The Morgan fingerprint density at radius 3 is 2.73 bits per heavy atom. The summed E-state index contributed by atoms with van der Waals surface area (Å²) in [6, 6.07) is 5.24. The lowest BCUT2D eigenvalue weighted by molar-refractivity contribution is -0.121. The molecule has 2 N–H and O–H groups in total. The van der Waals surface area contributed by atoms with Crippen molar-refractivity contribution in [3.05, 3.63) is 45.1 Å². The monoisotopic (exact) mass is 396 g/mol. The van der Waals surface area contributed by atoms with Crippen LogP contribution in [-0.4, -0.2) is 32.1 Å². The number of benzene rings is 1. The first-order chi connectivity index (χ1) is 12.5. The fraction of sp³-hybridized carbons (Fsp3) is 0.333. The molecule has 0 fully saturated rings. The highest BCUT2D eigenvalue weighted by atomic mass is 35.5. The zero-order valence-electron chi connectivity index (χ0n) is 14.6. The van der Waals surface area contributed by atoms with Crippen LogP contribution in [0.3, 0.4) is 0 Å². The van der Waals surface area contributed by atoms with E-state index in [2.05, 4.69) is 10.6 Å². The number of halogens is 1. The lowest BCUT2D eigenvalue weighted by atomic mass is 10.2. The Labute approximate surface area is 161 Å². The molecule has 0 spiro atoms. The zero-order chi connectivity index (χ0) is 18.9. The topological polar surface area (TPSA) is 76.7 Å². The molecule has 0 saturated heterocycles. The normalized spacial score (nSPS) is 10.3. The highest BCUT2D eigenvalue weighted by Crippen LogP contribution is 2.36. The van der Waals surface area contributed by atoms with Crippen molar-refractivity contribution in [3.8, 4) is 11.5 Å². The van der Waals surface area contributed by atoms with Crippen molar-refractivity contribution in [2.75, 3.05) is 20.3 Å². The minimum absolute atomic E-state index is 0.167. The quantitative estimate of drug-likeness (QED) is 0.682. The molecule has 2 amide bonds. The third kappa shape index (κ3) is 5.64. The largest absolute Gasteiger partial charge is 0.493 e. The second-order valence-corrected chi connectivity index (χ2v) is 6.52. The van der Waals surface area contributed by atoms with Crippen LogP contribution in [-0.2, 0) is 11.3 Å². The molecule has 2 aromatic rings. The summed E-state index contributed by atoms with van der Waals surface area (Å²) in [5.74, 6) is 0.663. The average molecular weight is 397 g/mol. The van der Waals surface area contributed by atoms with E-state index >= 15 is 0 Å². The maximum atomic E-state index is 11.9. The Bertz CT molecular complexity index is 750. The zero-order valence-corrected chi connectivity index (χ0v) is 16.2. The van der Waals surface area contributed by atoms with Gasteiger partial charge >= 0.3 is 0 Å². The Morgan fingerprint density at radius 2 is 2.08 bits per heavy atom. The van der Waals surface area contributed by atoms with Crippen LogP contribution in [0.2, 0.25) is 5.02 Å². The highest BCUT2D eigenvalue weighted by Gasteiger charge is 2.12. The molecule has 0 aliphatic heterocycles. The fourth-order valence-corrected chi connectivity index (χ4v) is 3.16. The van der Waals surface area contributed by atoms with E-state index in [0.29, 0.717) is 35.2 Å². The number of thiophene rings is 1. The summed E-state index contributed by atoms with van der Waals surface area (Å²) >= 11 is 7.66. The smallest absolute Gasteiger partial charge is 0.252 e. The third-order valence-electron chi connectivity index (χ3n) is 3.49. The number of hydrogen-bond acceptors (Lipinski definition) is 5. The van der Waals surface area contributed by atoms with Crippen LogP contribution in [0.4, 0.5) is 0 Å². The van der Waals surface area contributed by atoms with E-state index in [1.807, 2.05) is 12.3 Å². The van der Waals surface area contributed by atoms with Crippen LogP contribution in [0.5, 0.6) is 11.5 Å². The van der Waals surface area contributed by atoms with Crippen LogP contribution in [0.25, 0.3) is 0 Å². The molecule has 0 aliphatic rings. The average Bonchev–Trinajstić information content (AvgIpc) is 3.16. The summed E-state index contributed by atoms with van der Waals surface area (Å²) in [4.78, 5) is 23.7. The minimum Gasteiger partial charge on any atom is -0.493 e. The molecule has 2 rings (SSSR count). The number of ether oxygens (including phenoxy) is 2. The molecule has 0 atom stereocenters. The number of methoxy groups -OCH3 is 1. The van der Waals surface area contributed by atoms with Gasteiger partial charge in [-0.1, -0.05) is 11.6 Å². The number of carbonyl (C=O) groups excluding carboxylic acids is 2. The number of hydrogen-bond donors (Lipinski definition) is 2. The summed E-state index contributed by atoms with van der Waals surface area (Å²) in [6.45, 7) is 2.91. The van der Waals surface area contributed by atoms with Crippen LogP contribution in [0.1, 0.15) is 29.3 Å². The maximum Gasteiger partial charge on any atom is 0.252 e. The lowest BCUT2D eigenvalue weighted by Crippen LogP contribution is -2.30. The van der Waals surface area contributed by atoms with E-state index in [1.54, 1.807) is 23.6 Å². The molecule has 0 unspecified atom stereocenters. The second kappa shape index (κ2) is 10.0. The number of amides is 2. The van der Waals surface area contributed by atoms with Gasteiger partial charge in [-0.15, -0.1) is 0 Å². The molecular formula is C18H21ClN2O4S. The molecule has 1 aromatic heterocycles. The van der Waals surface area contributed by atoms with Crippen molar-refractivity contribution in [2.45, 2.75) is 19.9 Å². The first-order valence-electron chi connectivity index (χ1n) is 8.11. The van der Waals surface area contributed by atoms with Crippen LogP contribution < -0.4 is 20.1 Å². The Kier molecular flexibility index (Phi) is 7.74. The summed E-state index contributed by atoms with van der Waals surface area (Å²) in [6.07, 6.45) is 0.192. The van der Waals surface area contributed by atoms with Crippen LogP contribution in [0, 0.1) is 0 Å². The van der Waals surface area contributed by atoms with Gasteiger partial charge in [0.15, 0.2) is 11.5 Å². The molecule has 0 radical (unpaired) electrons. The molecule has 1 aromatic carbocycles. The highest BCUT2D eigenvalue weighted by molar-refractivity contribution is 7.08. The summed E-state index contributed by atoms with van der Waals surface area (Å²) in [7, 11) is 1.53. The van der Waals surface area contributed by atoms with Gasteiger partial charge in [0, 0.05) is 30.5 Å². The third-order valence-corrected chi connectivity index (χ3v) is 4.45. The number of rotatable bonds is 9. The second-order valence-electron chi connectivity index (χ2n) is 5.34. The molecule has 0 saturated carbocycles. The van der Waals surface area contributed by atoms with Crippen molar-refractivity contribution >= 4 is 34.8 Å². The fourth-order valence-electron chi connectivity index (χ4n) is 2.23. The van der Waals surface area contributed by atoms with Crippen LogP contribution in [0.15, 0.2) is 29.0 Å². The van der Waals surface area contributed by atoms with Crippen molar-refractivity contribution in [3.63, 3.8) is 0 Å². The van der Waals surface area contributed by atoms with Crippen LogP contribution >= 0.6 is 22.9 Å². The summed E-state index contributed by atoms with van der Waals surface area (Å²) < 4.78 is 10.7. The van der Waals surface area contributed by atoms with Gasteiger partial charge in [0.1, 0.15) is 0 Å². The van der Waals surface area contributed by atoms with Gasteiger partial charge in [0.05, 0.1) is 18.7 Å². The molecule has 1 heterocycles. The van der Waals surface area contributed by atoms with E-state index in [9.17, 15) is 9.59 Å². The first-order valence-corrected chi connectivity index (χ1v) is 9.43. The molecular weight excluding hydrogens is 376 g/mol. The van der Waals surface area contributed by atoms with Crippen molar-refractivity contribution < 1.29 is 19.1 Å². The van der Waals surface area contributed by atoms with E-state index in [0.717, 1.165) is 5.56 Å². The Hall–Kier alpha value is -2.25. The summed E-state index contributed by atoms with van der Waals surface area (Å²) in [5, 5.41) is 9.53. The van der Waals surface area contributed by atoms with Gasteiger partial charge in [-0.3, -0.25) is 9.59 Å².